The molecule has 0 unspecified atom stereocenters. The predicted octanol–water partition coefficient (Wildman–Crippen LogP) is -1.67. The summed E-state index contributed by atoms with van der Waals surface area (Å²) in [6.45, 7) is 0.490. The van der Waals surface area contributed by atoms with Gasteiger partial charge < -0.3 is 0 Å². The quantitative estimate of drug-likeness (QED) is 0.343. The molecule has 1 rings (SSSR count). The Hall–Kier alpha value is -0.200. The van der Waals surface area contributed by atoms with Crippen molar-refractivity contribution in [3.63, 3.8) is 0 Å². The Labute approximate surface area is 41.5 Å². The van der Waals surface area contributed by atoms with Crippen molar-refractivity contribution in [3.8, 4) is 0 Å². The van der Waals surface area contributed by atoms with Crippen molar-refractivity contribution in [1.29, 1.82) is 0 Å². The van der Waals surface area contributed by atoms with Crippen LogP contribution in [0.25, 0.3) is 0 Å². The number of hydroxylamine groups is 1. The van der Waals surface area contributed by atoms with Gasteiger partial charge in [0.05, 0.1) is 0 Å². The van der Waals surface area contributed by atoms with Crippen LogP contribution < -0.4 is 16.5 Å². The van der Waals surface area contributed by atoms with Gasteiger partial charge in [-0.1, -0.05) is 0 Å². The molecule has 0 bridgehead atoms. The van der Waals surface area contributed by atoms with E-state index in [4.69, 9.17) is 4.84 Å². The number of rotatable bonds is 0. The molecule has 0 aromatic heterocycles. The fraction of sp³-hybridized carbons (Fsp3) is 1.00. The summed E-state index contributed by atoms with van der Waals surface area (Å²) in [6, 6.07) is 0. The number of nitrogens with one attached hydrogen (secondary N) is 3. The second kappa shape index (κ2) is 2.20. The first kappa shape index (κ1) is 4.95. The lowest BCUT2D eigenvalue weighted by Gasteiger charge is -2.23. The molecular weight excluding hydrogens is 96.0 g/mol. The standard InChI is InChI=1S/C2H8N4O/c1-6-5-4-3-2-7-6/h3-5H,2H2,1H3. The molecule has 3 N–H and O–H groups in total. The van der Waals surface area contributed by atoms with Crippen LogP contribution in [-0.2, 0) is 4.84 Å². The van der Waals surface area contributed by atoms with Gasteiger partial charge in [0, 0.05) is 7.05 Å². The summed E-state index contributed by atoms with van der Waals surface area (Å²) in [7, 11) is 1.76. The molecule has 1 heterocycles. The van der Waals surface area contributed by atoms with Gasteiger partial charge >= 0.3 is 0 Å². The van der Waals surface area contributed by atoms with E-state index in [1.165, 1.54) is 5.17 Å². The van der Waals surface area contributed by atoms with Gasteiger partial charge in [0.1, 0.15) is 6.73 Å². The maximum atomic E-state index is 4.83. The Morgan fingerprint density at radius 2 is 2.57 bits per heavy atom. The number of hydrazine groups is 3. The summed E-state index contributed by atoms with van der Waals surface area (Å²) in [5.74, 6) is 0. The molecule has 5 heteroatoms. The van der Waals surface area contributed by atoms with Crippen molar-refractivity contribution in [2.45, 2.75) is 0 Å². The Balaban J connectivity index is 2.12. The van der Waals surface area contributed by atoms with Crippen LogP contribution in [0.1, 0.15) is 0 Å². The van der Waals surface area contributed by atoms with Crippen LogP contribution in [0.15, 0.2) is 0 Å². The maximum absolute atomic E-state index is 4.83. The summed E-state index contributed by atoms with van der Waals surface area (Å²) < 4.78 is 0. The number of hydrogen-bond donors (Lipinski definition) is 3. The lowest BCUT2D eigenvalue weighted by molar-refractivity contribution is -0.229. The first-order valence-electron chi connectivity index (χ1n) is 2.00. The first-order valence-corrected chi connectivity index (χ1v) is 2.00. The predicted molar refractivity (Wildman–Crippen MR) is 23.1 cm³/mol. The summed E-state index contributed by atoms with van der Waals surface area (Å²) in [5, 5.41) is 1.47. The van der Waals surface area contributed by atoms with Crippen molar-refractivity contribution in [2.24, 2.45) is 0 Å². The Kier molecular flexibility index (Phi) is 1.55. The molecule has 0 aromatic carbocycles. The number of nitrogens with zero attached hydrogens (tertiary/aromatic N) is 1. The second-order valence-corrected chi connectivity index (χ2v) is 1.18. The summed E-state index contributed by atoms with van der Waals surface area (Å²) in [5.41, 5.74) is 7.96. The van der Waals surface area contributed by atoms with Crippen molar-refractivity contribution >= 4 is 0 Å². The van der Waals surface area contributed by atoms with E-state index in [0.717, 1.165) is 0 Å². The van der Waals surface area contributed by atoms with Crippen molar-refractivity contribution in [3.05, 3.63) is 0 Å². The third-order valence-electron chi connectivity index (χ3n) is 0.632. The van der Waals surface area contributed by atoms with Gasteiger partial charge in [0.25, 0.3) is 0 Å². The second-order valence-electron chi connectivity index (χ2n) is 1.18. The van der Waals surface area contributed by atoms with Crippen LogP contribution >= 0.6 is 0 Å². The molecule has 0 atom stereocenters. The molecule has 0 spiro atoms. The van der Waals surface area contributed by atoms with Crippen molar-refractivity contribution in [2.75, 3.05) is 13.8 Å². The fourth-order valence-corrected chi connectivity index (χ4v) is 0.316. The molecule has 0 amide bonds. The van der Waals surface area contributed by atoms with Gasteiger partial charge in [-0.15, -0.1) is 5.17 Å². The minimum absolute atomic E-state index is 0.490. The molecule has 0 aliphatic carbocycles. The summed E-state index contributed by atoms with van der Waals surface area (Å²) >= 11 is 0. The van der Waals surface area contributed by atoms with Gasteiger partial charge in [0.15, 0.2) is 0 Å². The van der Waals surface area contributed by atoms with Gasteiger partial charge in [-0.3, -0.25) is 4.84 Å². The van der Waals surface area contributed by atoms with E-state index in [1.807, 2.05) is 0 Å². The van der Waals surface area contributed by atoms with Crippen LogP contribution in [0.4, 0.5) is 0 Å². The molecule has 42 valence electrons. The smallest absolute Gasteiger partial charge is 0.134 e. The van der Waals surface area contributed by atoms with Crippen LogP contribution in [0.5, 0.6) is 0 Å². The highest BCUT2D eigenvalue weighted by Crippen LogP contribution is 1.75. The molecule has 1 aliphatic rings. The third kappa shape index (κ3) is 1.38. The lowest BCUT2D eigenvalue weighted by Crippen LogP contribution is -2.57. The summed E-state index contributed by atoms with van der Waals surface area (Å²) in [6.07, 6.45) is 0. The highest BCUT2D eigenvalue weighted by atomic mass is 16.7. The van der Waals surface area contributed by atoms with Crippen LogP contribution in [0, 0.1) is 0 Å². The molecule has 5 nitrogen and oxygen atoms in total. The van der Waals surface area contributed by atoms with E-state index < -0.39 is 0 Å². The molecule has 0 radical (unpaired) electrons. The van der Waals surface area contributed by atoms with Gasteiger partial charge in [-0.05, 0) is 0 Å². The Bertz CT molecular complexity index is 51.7. The van der Waals surface area contributed by atoms with E-state index in [9.17, 15) is 0 Å². The third-order valence-corrected chi connectivity index (χ3v) is 0.632. The Morgan fingerprint density at radius 3 is 2.86 bits per heavy atom. The minimum Gasteiger partial charge on any atom is -0.266 e. The average molecular weight is 104 g/mol. The van der Waals surface area contributed by atoms with E-state index in [0.29, 0.717) is 6.73 Å². The molecule has 0 aromatic rings. The maximum Gasteiger partial charge on any atom is 0.134 e. The summed E-state index contributed by atoms with van der Waals surface area (Å²) in [4.78, 5) is 4.83. The molecule has 1 saturated heterocycles. The number of hydrogen-bond acceptors (Lipinski definition) is 5. The van der Waals surface area contributed by atoms with E-state index in [1.54, 1.807) is 7.05 Å². The Morgan fingerprint density at radius 1 is 1.71 bits per heavy atom. The van der Waals surface area contributed by atoms with Crippen LogP contribution in [-0.4, -0.2) is 19.0 Å². The molecule has 0 saturated carbocycles. The molecule has 1 fully saturated rings. The zero-order valence-corrected chi connectivity index (χ0v) is 4.06. The zero-order chi connectivity index (χ0) is 5.11. The van der Waals surface area contributed by atoms with Gasteiger partial charge in [0.2, 0.25) is 0 Å². The molecule has 7 heavy (non-hydrogen) atoms. The average Bonchev–Trinajstić information content (AvgIpc) is 1.69. The topological polar surface area (TPSA) is 48.6 Å². The monoisotopic (exact) mass is 104 g/mol. The minimum atomic E-state index is 0.490. The van der Waals surface area contributed by atoms with Crippen molar-refractivity contribution in [1.82, 2.24) is 21.7 Å². The largest absolute Gasteiger partial charge is 0.266 e. The van der Waals surface area contributed by atoms with Gasteiger partial charge in [-0.2, -0.15) is 11.1 Å². The normalized spacial score (nSPS) is 25.3. The SMILES string of the molecule is CN1NNNCO1. The lowest BCUT2D eigenvalue weighted by atomic mass is 11.3. The van der Waals surface area contributed by atoms with Crippen LogP contribution in [0.2, 0.25) is 0 Å². The molecule has 1 aliphatic heterocycles. The van der Waals surface area contributed by atoms with Crippen LogP contribution in [0.3, 0.4) is 0 Å². The highest BCUT2D eigenvalue weighted by molar-refractivity contribution is 4.22. The highest BCUT2D eigenvalue weighted by Gasteiger charge is 1.99. The zero-order valence-electron chi connectivity index (χ0n) is 4.06. The van der Waals surface area contributed by atoms with E-state index in [-0.39, 0.29) is 0 Å². The molecular formula is C2H8N4O. The van der Waals surface area contributed by atoms with E-state index >= 15 is 0 Å². The van der Waals surface area contributed by atoms with E-state index in [2.05, 4.69) is 16.5 Å². The first-order chi connectivity index (χ1) is 3.39. The van der Waals surface area contributed by atoms with Gasteiger partial charge in [-0.25, -0.2) is 5.43 Å². The van der Waals surface area contributed by atoms with Crippen molar-refractivity contribution < 1.29 is 4.84 Å². The fourth-order valence-electron chi connectivity index (χ4n) is 0.316.